The topological polar surface area (TPSA) is 85.9 Å². The van der Waals surface area contributed by atoms with Gasteiger partial charge >= 0.3 is 6.09 Å². The van der Waals surface area contributed by atoms with Crippen LogP contribution < -0.4 is 10.6 Å². The van der Waals surface area contributed by atoms with E-state index in [2.05, 4.69) is 45.3 Å². The molecular formula is C38H68N2O5. The Balaban J connectivity index is 1.26. The number of fused-ring (bicyclic) bond motifs is 5. The largest absolute Gasteiger partial charge is 0.444 e. The first-order valence-electron chi connectivity index (χ1n) is 18.7. The highest BCUT2D eigenvalue weighted by molar-refractivity contribution is 5.83. The van der Waals surface area contributed by atoms with Crippen molar-refractivity contribution in [3.8, 4) is 0 Å². The Labute approximate surface area is 275 Å². The number of nitrogens with one attached hydrogen (secondary N) is 2. The van der Waals surface area contributed by atoms with Crippen molar-refractivity contribution < 1.29 is 23.8 Å². The van der Waals surface area contributed by atoms with E-state index in [0.717, 1.165) is 24.7 Å². The predicted molar refractivity (Wildman–Crippen MR) is 181 cm³/mol. The minimum absolute atomic E-state index is 0.191. The van der Waals surface area contributed by atoms with Crippen LogP contribution in [-0.2, 0) is 19.0 Å². The Bertz CT molecular complexity index is 997. The van der Waals surface area contributed by atoms with Crippen LogP contribution in [-0.4, -0.2) is 57.1 Å². The number of amides is 2. The van der Waals surface area contributed by atoms with Crippen LogP contribution in [0.4, 0.5) is 4.79 Å². The van der Waals surface area contributed by atoms with Gasteiger partial charge in [-0.3, -0.25) is 4.79 Å². The first-order valence-corrected chi connectivity index (χ1v) is 18.7. The van der Waals surface area contributed by atoms with E-state index in [1.54, 1.807) is 0 Å². The van der Waals surface area contributed by atoms with E-state index in [1.165, 1.54) is 70.6 Å². The van der Waals surface area contributed by atoms with Crippen molar-refractivity contribution in [1.29, 1.82) is 0 Å². The van der Waals surface area contributed by atoms with Crippen LogP contribution in [0, 0.1) is 45.3 Å². The van der Waals surface area contributed by atoms with E-state index in [1.807, 2.05) is 20.8 Å². The van der Waals surface area contributed by atoms with Crippen LogP contribution in [0.3, 0.4) is 0 Å². The maximum atomic E-state index is 14.0. The molecule has 0 aromatic heterocycles. The second-order valence-electron chi connectivity index (χ2n) is 16.9. The molecule has 0 aromatic rings. The molecule has 4 rings (SSSR count). The maximum Gasteiger partial charge on any atom is 0.407 e. The molecule has 4 aliphatic rings. The lowest BCUT2D eigenvalue weighted by atomic mass is 9.34. The van der Waals surface area contributed by atoms with Crippen LogP contribution >= 0.6 is 0 Å². The summed E-state index contributed by atoms with van der Waals surface area (Å²) in [6.07, 6.45) is 16.1. The van der Waals surface area contributed by atoms with Gasteiger partial charge in [0.1, 0.15) is 5.60 Å². The van der Waals surface area contributed by atoms with Gasteiger partial charge in [0.25, 0.3) is 0 Å². The summed E-state index contributed by atoms with van der Waals surface area (Å²) in [6, 6.07) is 0. The Kier molecular flexibility index (Phi) is 12.0. The molecule has 0 radical (unpaired) electrons. The monoisotopic (exact) mass is 633 g/mol. The fraction of sp³-hybridized carbons (Fsp3) is 0.947. The van der Waals surface area contributed by atoms with Crippen LogP contribution in [0.25, 0.3) is 0 Å². The Morgan fingerprint density at radius 2 is 1.47 bits per heavy atom. The molecule has 2 N–H and O–H groups in total. The highest BCUT2D eigenvalue weighted by Gasteiger charge is 2.68. The van der Waals surface area contributed by atoms with E-state index in [-0.39, 0.29) is 11.3 Å². The van der Waals surface area contributed by atoms with Gasteiger partial charge in [-0.25, -0.2) is 4.79 Å². The lowest BCUT2D eigenvalue weighted by Gasteiger charge is -2.70. The molecule has 45 heavy (non-hydrogen) atoms. The van der Waals surface area contributed by atoms with Crippen molar-refractivity contribution in [2.45, 2.75) is 144 Å². The molecule has 0 aliphatic heterocycles. The third-order valence-electron chi connectivity index (χ3n) is 13.7. The molecule has 0 heterocycles. The zero-order valence-electron chi connectivity index (χ0n) is 30.3. The second-order valence-corrected chi connectivity index (χ2v) is 16.9. The molecule has 7 heteroatoms. The molecule has 7 unspecified atom stereocenters. The molecule has 0 saturated heterocycles. The van der Waals surface area contributed by atoms with Gasteiger partial charge in [0.2, 0.25) is 5.91 Å². The molecule has 0 bridgehead atoms. The van der Waals surface area contributed by atoms with Crippen molar-refractivity contribution in [2.24, 2.45) is 45.3 Å². The smallest absolute Gasteiger partial charge is 0.407 e. The van der Waals surface area contributed by atoms with E-state index in [0.29, 0.717) is 67.6 Å². The molecular weight excluding hydrogens is 564 g/mol. The quantitative estimate of drug-likeness (QED) is 0.188. The predicted octanol–water partition coefficient (Wildman–Crippen LogP) is 8.30. The van der Waals surface area contributed by atoms with Gasteiger partial charge in [0.15, 0.2) is 0 Å². The summed E-state index contributed by atoms with van der Waals surface area (Å²) in [5.74, 6) is 3.13. The number of ether oxygens (including phenoxy) is 3. The lowest BCUT2D eigenvalue weighted by molar-refractivity contribution is -0.216. The molecule has 4 fully saturated rings. The van der Waals surface area contributed by atoms with Gasteiger partial charge in [0.05, 0.1) is 31.8 Å². The van der Waals surface area contributed by atoms with E-state index in [9.17, 15) is 9.59 Å². The number of hydrogen-bond donors (Lipinski definition) is 2. The van der Waals surface area contributed by atoms with Crippen molar-refractivity contribution in [2.75, 3.05) is 39.5 Å². The number of hydrogen-bond acceptors (Lipinski definition) is 5. The van der Waals surface area contributed by atoms with Crippen LogP contribution in [0.1, 0.15) is 139 Å². The van der Waals surface area contributed by atoms with Crippen molar-refractivity contribution >= 4 is 12.0 Å². The molecule has 4 aliphatic carbocycles. The summed E-state index contributed by atoms with van der Waals surface area (Å²) in [7, 11) is 0. The van der Waals surface area contributed by atoms with Crippen molar-refractivity contribution in [3.05, 3.63) is 0 Å². The minimum Gasteiger partial charge on any atom is -0.444 e. The first-order chi connectivity index (χ1) is 21.3. The fourth-order valence-corrected chi connectivity index (χ4v) is 11.3. The number of alkyl carbamates (subject to hydrolysis) is 1. The molecule has 0 spiro atoms. The molecule has 2 amide bonds. The standard InChI is InChI=1S/C38H68N2O5/c1-9-11-17-35(6)28(10-2)16-19-37(8)31(35)15-14-29-30-13-12-18-38(30,21-20-36(29,37)7)32(41)39-22-24-43-26-27-44-25-23-40-33(42)45-34(3,4)5/h28-31H,9-27H2,1-8H3,(H,39,41)(H,40,42)/t28?,29?,30?,31?,35?,36-,37?,38?/m1/s1. The molecule has 0 aromatic carbocycles. The van der Waals surface area contributed by atoms with Crippen molar-refractivity contribution in [1.82, 2.24) is 10.6 Å². The number of unbranched alkanes of at least 4 members (excludes halogenated alkanes) is 1. The van der Waals surface area contributed by atoms with Gasteiger partial charge in [-0.2, -0.15) is 0 Å². The number of carbonyl (C=O) groups is 2. The van der Waals surface area contributed by atoms with Crippen LogP contribution in [0.15, 0.2) is 0 Å². The zero-order chi connectivity index (χ0) is 32.9. The second kappa shape index (κ2) is 14.8. The van der Waals surface area contributed by atoms with E-state index in [4.69, 9.17) is 14.2 Å². The van der Waals surface area contributed by atoms with Crippen LogP contribution in [0.5, 0.6) is 0 Å². The van der Waals surface area contributed by atoms with Gasteiger partial charge < -0.3 is 24.8 Å². The normalized spacial score (nSPS) is 37.7. The van der Waals surface area contributed by atoms with Gasteiger partial charge in [-0.1, -0.05) is 60.3 Å². The Morgan fingerprint density at radius 3 is 2.11 bits per heavy atom. The highest BCUT2D eigenvalue weighted by atomic mass is 16.6. The summed E-state index contributed by atoms with van der Waals surface area (Å²) < 4.78 is 16.5. The first kappa shape index (κ1) is 36.5. The summed E-state index contributed by atoms with van der Waals surface area (Å²) >= 11 is 0. The highest BCUT2D eigenvalue weighted by Crippen LogP contribution is 2.75. The van der Waals surface area contributed by atoms with Crippen LogP contribution in [0.2, 0.25) is 0 Å². The fourth-order valence-electron chi connectivity index (χ4n) is 11.3. The average Bonchev–Trinajstić information content (AvgIpc) is 3.42. The minimum atomic E-state index is -0.508. The number of carbonyl (C=O) groups excluding carboxylic acids is 2. The summed E-state index contributed by atoms with van der Waals surface area (Å²) in [5.41, 5.74) is 0.453. The third kappa shape index (κ3) is 7.39. The third-order valence-corrected chi connectivity index (χ3v) is 13.7. The van der Waals surface area contributed by atoms with Gasteiger partial charge in [0, 0.05) is 13.1 Å². The maximum absolute atomic E-state index is 14.0. The summed E-state index contributed by atoms with van der Waals surface area (Å²) in [6.45, 7) is 21.1. The molecule has 8 atom stereocenters. The zero-order valence-corrected chi connectivity index (χ0v) is 30.3. The molecule has 260 valence electrons. The van der Waals surface area contributed by atoms with Gasteiger partial charge in [-0.15, -0.1) is 0 Å². The SMILES string of the molecule is CCCCC1(C)C(CC)CCC2(C)C1CCC1C3CCCC3(C(=O)NCCOCCOCCNC(=O)OC(C)(C)C)CC[C@]12C. The van der Waals surface area contributed by atoms with E-state index < -0.39 is 11.7 Å². The average molecular weight is 633 g/mol. The molecule has 4 saturated carbocycles. The van der Waals surface area contributed by atoms with E-state index >= 15 is 0 Å². The van der Waals surface area contributed by atoms with Gasteiger partial charge in [-0.05, 0) is 118 Å². The molecule has 7 nitrogen and oxygen atoms in total. The number of rotatable bonds is 14. The Morgan fingerprint density at radius 1 is 0.778 bits per heavy atom. The van der Waals surface area contributed by atoms with Crippen molar-refractivity contribution in [3.63, 3.8) is 0 Å². The summed E-state index contributed by atoms with van der Waals surface area (Å²) in [4.78, 5) is 25.6. The summed E-state index contributed by atoms with van der Waals surface area (Å²) in [5, 5.41) is 6.00. The Hall–Kier alpha value is -1.34. The lowest BCUT2D eigenvalue weighted by Crippen LogP contribution is -2.64.